The molecule has 1 aliphatic heterocycles. The minimum atomic E-state index is -0.255. The van der Waals surface area contributed by atoms with Gasteiger partial charge in [0.15, 0.2) is 0 Å². The summed E-state index contributed by atoms with van der Waals surface area (Å²) in [6.07, 6.45) is 4.90. The number of hydrogen-bond donors (Lipinski definition) is 0. The highest BCUT2D eigenvalue weighted by Gasteiger charge is 2.25. The Labute approximate surface area is 76.5 Å². The zero-order valence-corrected chi connectivity index (χ0v) is 7.56. The first kappa shape index (κ1) is 8.44. The fourth-order valence-corrected chi connectivity index (χ4v) is 1.49. The first-order chi connectivity index (χ1) is 6.27. The number of rotatable bonds is 2. The van der Waals surface area contributed by atoms with Gasteiger partial charge in [0.1, 0.15) is 11.8 Å². The van der Waals surface area contributed by atoms with Crippen LogP contribution < -0.4 is 0 Å². The quantitative estimate of drug-likeness (QED) is 0.632. The molecule has 0 bridgehead atoms. The Morgan fingerprint density at radius 1 is 1.77 bits per heavy atom. The molecule has 13 heavy (non-hydrogen) atoms. The molecule has 0 amide bonds. The third-order valence-corrected chi connectivity index (χ3v) is 2.18. The van der Waals surface area contributed by atoms with Crippen LogP contribution in [0, 0.1) is 0 Å². The predicted molar refractivity (Wildman–Crippen MR) is 46.5 cm³/mol. The molecule has 0 aromatic carbocycles. The van der Waals surface area contributed by atoms with Gasteiger partial charge in [0.05, 0.1) is 6.33 Å². The fraction of sp³-hybridized carbons (Fsp3) is 0.556. The first-order valence-electron chi connectivity index (χ1n) is 4.41. The van der Waals surface area contributed by atoms with E-state index in [2.05, 4.69) is 4.98 Å². The maximum absolute atomic E-state index is 11.7. The number of nitrogens with zero attached hydrogens (tertiary/aromatic N) is 2. The molecular weight excluding hydrogens is 168 g/mol. The van der Waals surface area contributed by atoms with Crippen molar-refractivity contribution in [1.82, 2.24) is 9.55 Å². The van der Waals surface area contributed by atoms with E-state index in [1.807, 2.05) is 7.05 Å². The smallest absolute Gasteiger partial charge is 0.211 e. The van der Waals surface area contributed by atoms with Crippen LogP contribution >= 0.6 is 0 Å². The summed E-state index contributed by atoms with van der Waals surface area (Å²) >= 11 is 0. The standard InChI is InChI=1S/C9H12N2O2/c1-11-5-7(10-6-11)9(12)8-3-2-4-13-8/h5-6,8H,2-4H2,1H3. The van der Waals surface area contributed by atoms with Crippen LogP contribution in [-0.2, 0) is 11.8 Å². The molecule has 1 unspecified atom stereocenters. The molecule has 0 N–H and O–H groups in total. The Bertz CT molecular complexity index is 313. The lowest BCUT2D eigenvalue weighted by molar-refractivity contribution is 0.0638. The van der Waals surface area contributed by atoms with Crippen LogP contribution in [0.25, 0.3) is 0 Å². The van der Waals surface area contributed by atoms with Crippen molar-refractivity contribution in [3.63, 3.8) is 0 Å². The summed E-state index contributed by atoms with van der Waals surface area (Å²) in [5.74, 6) is 0.0121. The normalized spacial score (nSPS) is 22.1. The van der Waals surface area contributed by atoms with Gasteiger partial charge in [0, 0.05) is 19.9 Å². The van der Waals surface area contributed by atoms with Gasteiger partial charge in [-0.15, -0.1) is 0 Å². The van der Waals surface area contributed by atoms with E-state index in [0.717, 1.165) is 12.8 Å². The molecule has 1 fully saturated rings. The van der Waals surface area contributed by atoms with Crippen molar-refractivity contribution in [2.75, 3.05) is 6.61 Å². The molecule has 1 aliphatic rings. The molecule has 4 heteroatoms. The fourth-order valence-electron chi connectivity index (χ4n) is 1.49. The summed E-state index contributed by atoms with van der Waals surface area (Å²) in [4.78, 5) is 15.7. The number of carbonyl (C=O) groups is 1. The SMILES string of the molecule is Cn1cnc(C(=O)C2CCCO2)c1. The first-order valence-corrected chi connectivity index (χ1v) is 4.41. The number of aryl methyl sites for hydroxylation is 1. The molecule has 0 saturated carbocycles. The molecule has 0 spiro atoms. The topological polar surface area (TPSA) is 44.1 Å². The number of ketones is 1. The Kier molecular flexibility index (Phi) is 2.14. The number of Topliss-reactive ketones (excluding diaryl/α,β-unsaturated/α-hetero) is 1. The van der Waals surface area contributed by atoms with Gasteiger partial charge in [-0.25, -0.2) is 4.98 Å². The molecule has 4 nitrogen and oxygen atoms in total. The number of carbonyl (C=O) groups excluding carboxylic acids is 1. The van der Waals surface area contributed by atoms with Crippen LogP contribution in [-0.4, -0.2) is 28.0 Å². The van der Waals surface area contributed by atoms with Crippen molar-refractivity contribution < 1.29 is 9.53 Å². The second-order valence-electron chi connectivity index (χ2n) is 3.29. The van der Waals surface area contributed by atoms with Crippen molar-refractivity contribution in [2.45, 2.75) is 18.9 Å². The van der Waals surface area contributed by atoms with E-state index in [0.29, 0.717) is 12.3 Å². The molecule has 0 radical (unpaired) electrons. The Morgan fingerprint density at radius 2 is 2.62 bits per heavy atom. The number of imidazole rings is 1. The summed E-state index contributed by atoms with van der Waals surface area (Å²) in [5, 5.41) is 0. The highest BCUT2D eigenvalue weighted by atomic mass is 16.5. The Balaban J connectivity index is 2.12. The van der Waals surface area contributed by atoms with E-state index >= 15 is 0 Å². The molecule has 2 rings (SSSR count). The summed E-state index contributed by atoms with van der Waals surface area (Å²) < 4.78 is 7.05. The van der Waals surface area contributed by atoms with Crippen LogP contribution in [0.5, 0.6) is 0 Å². The average molecular weight is 180 g/mol. The molecule has 1 atom stereocenters. The molecule has 2 heterocycles. The van der Waals surface area contributed by atoms with Crippen molar-refractivity contribution in [2.24, 2.45) is 7.05 Å². The zero-order valence-electron chi connectivity index (χ0n) is 7.56. The molecular formula is C9H12N2O2. The van der Waals surface area contributed by atoms with E-state index in [1.54, 1.807) is 17.1 Å². The van der Waals surface area contributed by atoms with Crippen LogP contribution in [0.3, 0.4) is 0 Å². The van der Waals surface area contributed by atoms with Gasteiger partial charge in [-0.3, -0.25) is 4.79 Å². The highest BCUT2D eigenvalue weighted by Crippen LogP contribution is 2.15. The van der Waals surface area contributed by atoms with Crippen molar-refractivity contribution >= 4 is 5.78 Å². The van der Waals surface area contributed by atoms with Gasteiger partial charge in [-0.2, -0.15) is 0 Å². The van der Waals surface area contributed by atoms with Crippen LogP contribution in [0.4, 0.5) is 0 Å². The lowest BCUT2D eigenvalue weighted by Crippen LogP contribution is -2.19. The van der Waals surface area contributed by atoms with Crippen molar-refractivity contribution in [1.29, 1.82) is 0 Å². The monoisotopic (exact) mass is 180 g/mol. The van der Waals surface area contributed by atoms with Gasteiger partial charge in [-0.1, -0.05) is 0 Å². The Hall–Kier alpha value is -1.16. The third-order valence-electron chi connectivity index (χ3n) is 2.18. The maximum Gasteiger partial charge on any atom is 0.211 e. The maximum atomic E-state index is 11.7. The predicted octanol–water partition coefficient (Wildman–Crippen LogP) is 0.782. The minimum Gasteiger partial charge on any atom is -0.370 e. The molecule has 1 saturated heterocycles. The zero-order chi connectivity index (χ0) is 9.26. The van der Waals surface area contributed by atoms with Gasteiger partial charge < -0.3 is 9.30 Å². The number of ether oxygens (including phenoxy) is 1. The second kappa shape index (κ2) is 3.30. The largest absolute Gasteiger partial charge is 0.370 e. The second-order valence-corrected chi connectivity index (χ2v) is 3.29. The minimum absolute atomic E-state index is 0.0121. The average Bonchev–Trinajstić information content (AvgIpc) is 2.72. The van der Waals surface area contributed by atoms with Crippen molar-refractivity contribution in [3.05, 3.63) is 18.2 Å². The molecule has 1 aromatic rings. The van der Waals surface area contributed by atoms with Crippen LogP contribution in [0.15, 0.2) is 12.5 Å². The van der Waals surface area contributed by atoms with E-state index < -0.39 is 0 Å². The highest BCUT2D eigenvalue weighted by molar-refractivity contribution is 5.97. The third kappa shape index (κ3) is 1.62. The van der Waals surface area contributed by atoms with Crippen LogP contribution in [0.1, 0.15) is 23.3 Å². The molecule has 70 valence electrons. The van der Waals surface area contributed by atoms with E-state index in [-0.39, 0.29) is 11.9 Å². The summed E-state index contributed by atoms with van der Waals surface area (Å²) in [5.41, 5.74) is 0.509. The van der Waals surface area contributed by atoms with Gasteiger partial charge in [0.25, 0.3) is 0 Å². The number of aromatic nitrogens is 2. The van der Waals surface area contributed by atoms with Gasteiger partial charge in [0.2, 0.25) is 5.78 Å². The van der Waals surface area contributed by atoms with Crippen LogP contribution in [0.2, 0.25) is 0 Å². The summed E-state index contributed by atoms with van der Waals surface area (Å²) in [7, 11) is 1.85. The van der Waals surface area contributed by atoms with Gasteiger partial charge >= 0.3 is 0 Å². The lowest BCUT2D eigenvalue weighted by atomic mass is 10.1. The number of hydrogen-bond acceptors (Lipinski definition) is 3. The summed E-state index contributed by atoms with van der Waals surface area (Å²) in [6, 6.07) is 0. The molecule has 1 aromatic heterocycles. The van der Waals surface area contributed by atoms with E-state index in [1.165, 1.54) is 0 Å². The Morgan fingerprint density at radius 3 is 3.15 bits per heavy atom. The van der Waals surface area contributed by atoms with E-state index in [9.17, 15) is 4.79 Å². The van der Waals surface area contributed by atoms with Gasteiger partial charge in [-0.05, 0) is 12.8 Å². The molecule has 0 aliphatic carbocycles. The van der Waals surface area contributed by atoms with E-state index in [4.69, 9.17) is 4.74 Å². The van der Waals surface area contributed by atoms with Crippen molar-refractivity contribution in [3.8, 4) is 0 Å². The lowest BCUT2D eigenvalue weighted by Gasteiger charge is -2.04. The summed E-state index contributed by atoms with van der Waals surface area (Å²) in [6.45, 7) is 0.698.